The van der Waals surface area contributed by atoms with Crippen LogP contribution in [0.15, 0.2) is 51.8 Å². The van der Waals surface area contributed by atoms with Crippen molar-refractivity contribution in [1.82, 2.24) is 5.32 Å². The van der Waals surface area contributed by atoms with Crippen LogP contribution in [-0.2, 0) is 10.0 Å². The smallest absolute Gasteiger partial charge is 0.286 e. The molecule has 4 rings (SSSR count). The maximum Gasteiger partial charge on any atom is 0.286 e. The van der Waals surface area contributed by atoms with Gasteiger partial charge in [-0.3, -0.25) is 4.79 Å². The number of hydrogen-bond donors (Lipinski definition) is 1. The van der Waals surface area contributed by atoms with Crippen molar-refractivity contribution in [2.45, 2.75) is 37.0 Å². The van der Waals surface area contributed by atoms with Crippen LogP contribution in [0.3, 0.4) is 0 Å². The predicted octanol–water partition coefficient (Wildman–Crippen LogP) is 3.51. The molecule has 2 aliphatic heterocycles. The van der Waals surface area contributed by atoms with Gasteiger partial charge >= 0.3 is 0 Å². The van der Waals surface area contributed by atoms with Crippen molar-refractivity contribution in [3.8, 4) is 5.75 Å². The number of carbonyl (C=O) groups is 1. The Morgan fingerprint density at radius 2 is 2.00 bits per heavy atom. The van der Waals surface area contributed by atoms with Gasteiger partial charge in [0.05, 0.1) is 12.3 Å². The van der Waals surface area contributed by atoms with E-state index in [1.54, 1.807) is 30.3 Å². The summed E-state index contributed by atoms with van der Waals surface area (Å²) in [4.78, 5) is 14.5. The number of fused-ring (bicyclic) bond motifs is 3. The van der Waals surface area contributed by atoms with Crippen LogP contribution in [-0.4, -0.2) is 39.9 Å². The summed E-state index contributed by atoms with van der Waals surface area (Å²) in [5.74, 6) is -0.0641. The molecule has 0 aromatic heterocycles. The molecule has 1 fully saturated rings. The summed E-state index contributed by atoms with van der Waals surface area (Å²) in [5.41, 5.74) is 0.840. The van der Waals surface area contributed by atoms with Crippen molar-refractivity contribution in [1.29, 1.82) is 0 Å². The Balaban J connectivity index is 1.39. The van der Waals surface area contributed by atoms with Crippen molar-refractivity contribution in [2.24, 2.45) is 4.40 Å². The minimum Gasteiger partial charge on any atom is -0.490 e. The fraction of sp³-hybridized carbons (Fsp3) is 0.364. The zero-order chi connectivity index (χ0) is 21.8. The van der Waals surface area contributed by atoms with E-state index in [9.17, 15) is 17.6 Å². The number of nitrogens with one attached hydrogen (secondary N) is 1. The maximum atomic E-state index is 13.5. The monoisotopic (exact) mass is 445 g/mol. The number of benzene rings is 2. The number of nitrogens with zero attached hydrogens (tertiary/aromatic N) is 2. The molecule has 0 atom stereocenters. The number of sulfonamides is 1. The molecule has 0 aliphatic carbocycles. The Kier molecular flexibility index (Phi) is 6.22. The molecule has 0 unspecified atom stereocenters. The normalized spacial score (nSPS) is 17.1. The Labute approximate surface area is 181 Å². The Hall–Kier alpha value is -2.94. The average molecular weight is 446 g/mol. The molecule has 1 saturated heterocycles. The first-order chi connectivity index (χ1) is 15.0. The van der Waals surface area contributed by atoms with Crippen molar-refractivity contribution in [2.75, 3.05) is 24.6 Å². The third-order valence-electron chi connectivity index (χ3n) is 5.31. The van der Waals surface area contributed by atoms with E-state index in [1.807, 2.05) is 4.90 Å². The summed E-state index contributed by atoms with van der Waals surface area (Å²) in [6.07, 6.45) is 4.03. The first-order valence-corrected chi connectivity index (χ1v) is 11.8. The second kappa shape index (κ2) is 9.05. The molecule has 0 spiro atoms. The van der Waals surface area contributed by atoms with E-state index in [-0.39, 0.29) is 28.7 Å². The molecule has 164 valence electrons. The number of halogens is 1. The van der Waals surface area contributed by atoms with E-state index >= 15 is 0 Å². The molecule has 2 heterocycles. The summed E-state index contributed by atoms with van der Waals surface area (Å²) in [6.45, 7) is 1.27. The van der Waals surface area contributed by atoms with Crippen LogP contribution < -0.4 is 15.0 Å². The number of amidine groups is 1. The molecular weight excluding hydrogens is 421 g/mol. The quantitative estimate of drug-likeness (QED) is 0.688. The molecule has 0 radical (unpaired) electrons. The highest BCUT2D eigenvalue weighted by atomic mass is 32.2. The molecule has 31 heavy (non-hydrogen) atoms. The molecule has 9 heteroatoms. The van der Waals surface area contributed by atoms with Gasteiger partial charge in [0, 0.05) is 25.1 Å². The van der Waals surface area contributed by atoms with Gasteiger partial charge in [-0.1, -0.05) is 18.6 Å². The van der Waals surface area contributed by atoms with Crippen molar-refractivity contribution < 1.29 is 22.3 Å². The van der Waals surface area contributed by atoms with Crippen LogP contribution in [0, 0.1) is 5.82 Å². The van der Waals surface area contributed by atoms with Crippen molar-refractivity contribution in [3.05, 3.63) is 53.8 Å². The van der Waals surface area contributed by atoms with Crippen LogP contribution in [0.25, 0.3) is 0 Å². The van der Waals surface area contributed by atoms with Gasteiger partial charge in [0.2, 0.25) is 0 Å². The predicted molar refractivity (Wildman–Crippen MR) is 116 cm³/mol. The minimum absolute atomic E-state index is 0.0636. The summed E-state index contributed by atoms with van der Waals surface area (Å²) in [5, 5.41) is 2.74. The zero-order valence-corrected chi connectivity index (χ0v) is 17.8. The topological polar surface area (TPSA) is 88.1 Å². The Morgan fingerprint density at radius 1 is 1.16 bits per heavy atom. The van der Waals surface area contributed by atoms with Gasteiger partial charge in [0.25, 0.3) is 15.9 Å². The molecule has 0 bridgehead atoms. The lowest BCUT2D eigenvalue weighted by Crippen LogP contribution is -2.35. The third kappa shape index (κ3) is 4.71. The molecule has 1 amide bonds. The lowest BCUT2D eigenvalue weighted by atomic mass is 10.1. The Bertz CT molecular complexity index is 1120. The van der Waals surface area contributed by atoms with E-state index in [0.29, 0.717) is 30.9 Å². The summed E-state index contributed by atoms with van der Waals surface area (Å²) < 4.78 is 48.2. The van der Waals surface area contributed by atoms with Crippen molar-refractivity contribution >= 4 is 27.5 Å². The van der Waals surface area contributed by atoms with Gasteiger partial charge in [0.15, 0.2) is 11.6 Å². The van der Waals surface area contributed by atoms with Gasteiger partial charge in [0.1, 0.15) is 10.7 Å². The van der Waals surface area contributed by atoms with E-state index in [0.717, 1.165) is 25.8 Å². The zero-order valence-electron chi connectivity index (χ0n) is 17.0. The Morgan fingerprint density at radius 3 is 2.84 bits per heavy atom. The molecule has 2 aromatic carbocycles. The number of hydrogen-bond acceptors (Lipinski definition) is 5. The van der Waals surface area contributed by atoms with E-state index in [2.05, 4.69) is 9.71 Å². The number of rotatable bonds is 6. The number of para-hydroxylation sites is 1. The molecule has 7 nitrogen and oxygen atoms in total. The van der Waals surface area contributed by atoms with Gasteiger partial charge < -0.3 is 15.0 Å². The van der Waals surface area contributed by atoms with Crippen molar-refractivity contribution in [3.63, 3.8) is 0 Å². The fourth-order valence-electron chi connectivity index (χ4n) is 3.74. The number of carbonyl (C=O) groups excluding carboxylic acids is 1. The largest absolute Gasteiger partial charge is 0.490 e. The highest BCUT2D eigenvalue weighted by Gasteiger charge is 2.32. The third-order valence-corrected chi connectivity index (χ3v) is 6.64. The first-order valence-electron chi connectivity index (χ1n) is 10.4. The fourth-order valence-corrected chi connectivity index (χ4v) is 5.03. The van der Waals surface area contributed by atoms with Crippen LogP contribution >= 0.6 is 0 Å². The lowest BCUT2D eigenvalue weighted by molar-refractivity contribution is 0.0951. The summed E-state index contributed by atoms with van der Waals surface area (Å²) >= 11 is 0. The lowest BCUT2D eigenvalue weighted by Gasteiger charge is -2.29. The number of ether oxygens (including phenoxy) is 1. The number of amides is 1. The van der Waals surface area contributed by atoms with Crippen LogP contribution in [0.5, 0.6) is 5.75 Å². The van der Waals surface area contributed by atoms with Gasteiger partial charge in [-0.2, -0.15) is 8.42 Å². The molecule has 1 N–H and O–H groups in total. The SMILES string of the molecule is O=C(NCCCOc1ccccc1F)c1ccc2c(c1)S(=O)(=O)N=C1CCCCCN12. The molecular formula is C22H24FN3O4S. The maximum absolute atomic E-state index is 13.5. The number of anilines is 1. The van der Waals surface area contributed by atoms with E-state index in [4.69, 9.17) is 4.74 Å². The highest BCUT2D eigenvalue weighted by molar-refractivity contribution is 7.90. The second-order valence-corrected chi connectivity index (χ2v) is 9.09. The van der Waals surface area contributed by atoms with Crippen LogP contribution in [0.4, 0.5) is 10.1 Å². The van der Waals surface area contributed by atoms with Crippen LogP contribution in [0.2, 0.25) is 0 Å². The van der Waals surface area contributed by atoms with Gasteiger partial charge in [-0.25, -0.2) is 4.39 Å². The first kappa shape index (κ1) is 21.3. The van der Waals surface area contributed by atoms with E-state index < -0.39 is 15.8 Å². The molecule has 0 saturated carbocycles. The standard InChI is InChI=1S/C22H24FN3O4S/c23-17-7-3-4-8-19(17)30-14-6-12-24-22(27)16-10-11-18-20(15-16)31(28,29)25-21-9-2-1-5-13-26(18)21/h3-4,7-8,10-11,15H,1-2,5-6,9,12-14H2,(H,24,27). The highest BCUT2D eigenvalue weighted by Crippen LogP contribution is 2.34. The summed E-state index contributed by atoms with van der Waals surface area (Å²) in [6, 6.07) is 10.8. The van der Waals surface area contributed by atoms with Gasteiger partial charge in [-0.15, -0.1) is 4.40 Å². The molecule has 2 aromatic rings. The van der Waals surface area contributed by atoms with Crippen LogP contribution in [0.1, 0.15) is 42.5 Å². The average Bonchev–Trinajstić information content (AvgIpc) is 2.99. The molecule has 2 aliphatic rings. The second-order valence-electron chi connectivity index (χ2n) is 7.52. The van der Waals surface area contributed by atoms with E-state index in [1.165, 1.54) is 12.1 Å². The minimum atomic E-state index is -3.84. The summed E-state index contributed by atoms with van der Waals surface area (Å²) in [7, 11) is -3.84. The van der Waals surface area contributed by atoms with Gasteiger partial charge in [-0.05, 0) is 49.6 Å².